The highest BCUT2D eigenvalue weighted by atomic mass is 16.5. The van der Waals surface area contributed by atoms with Crippen molar-refractivity contribution in [3.63, 3.8) is 0 Å². The lowest BCUT2D eigenvalue weighted by Gasteiger charge is -2.28. The average molecular weight is 457 g/mol. The molecule has 1 aromatic carbocycles. The van der Waals surface area contributed by atoms with Crippen LogP contribution in [0.3, 0.4) is 0 Å². The molecule has 2 fully saturated rings. The van der Waals surface area contributed by atoms with Crippen LogP contribution in [0.2, 0.25) is 0 Å². The quantitative estimate of drug-likeness (QED) is 0.498. The molecule has 2 bridgehead atoms. The predicted molar refractivity (Wildman–Crippen MR) is 128 cm³/mol. The molecule has 3 aromatic rings. The van der Waals surface area contributed by atoms with E-state index in [0.29, 0.717) is 29.8 Å². The maximum Gasteiger partial charge on any atom is 0.227 e. The molecule has 0 aliphatic carbocycles. The van der Waals surface area contributed by atoms with Gasteiger partial charge in [0.25, 0.3) is 0 Å². The van der Waals surface area contributed by atoms with E-state index in [1.807, 2.05) is 36.1 Å². The molecule has 34 heavy (non-hydrogen) atoms. The highest BCUT2D eigenvalue weighted by molar-refractivity contribution is 5.96. The normalized spacial score (nSPS) is 22.2. The van der Waals surface area contributed by atoms with Gasteiger partial charge in [0.1, 0.15) is 0 Å². The fourth-order valence-corrected chi connectivity index (χ4v) is 4.83. The molecule has 1 N–H and O–H groups in total. The zero-order chi connectivity index (χ0) is 23.7. The van der Waals surface area contributed by atoms with E-state index in [9.17, 15) is 4.79 Å². The monoisotopic (exact) mass is 456 g/mol. The molecular formula is C26H28N6O2. The molecule has 8 nitrogen and oxygen atoms in total. The van der Waals surface area contributed by atoms with E-state index in [0.717, 1.165) is 48.2 Å². The van der Waals surface area contributed by atoms with Gasteiger partial charge in [0.15, 0.2) is 5.78 Å². The molecule has 0 radical (unpaired) electrons. The molecule has 2 aliphatic heterocycles. The Labute approximate surface area is 199 Å². The maximum absolute atomic E-state index is 12.3. The molecule has 2 aromatic heterocycles. The van der Waals surface area contributed by atoms with Crippen molar-refractivity contribution in [3.05, 3.63) is 54.0 Å². The third kappa shape index (κ3) is 4.70. The highest BCUT2D eigenvalue weighted by Gasteiger charge is 2.36. The van der Waals surface area contributed by atoms with E-state index in [1.165, 1.54) is 0 Å². The Morgan fingerprint density at radius 1 is 1.24 bits per heavy atom. The summed E-state index contributed by atoms with van der Waals surface area (Å²) >= 11 is 0. The third-order valence-corrected chi connectivity index (χ3v) is 6.66. The van der Waals surface area contributed by atoms with Gasteiger partial charge in [-0.2, -0.15) is 10.4 Å². The van der Waals surface area contributed by atoms with Crippen molar-refractivity contribution in [1.29, 1.82) is 5.26 Å². The minimum atomic E-state index is -0.296. The van der Waals surface area contributed by atoms with Crippen molar-refractivity contribution >= 4 is 17.4 Å². The van der Waals surface area contributed by atoms with E-state index in [2.05, 4.69) is 21.5 Å². The Bertz CT molecular complexity index is 1220. The number of fused-ring (bicyclic) bond motifs is 2. The van der Waals surface area contributed by atoms with Crippen molar-refractivity contribution in [1.82, 2.24) is 19.7 Å². The lowest BCUT2D eigenvalue weighted by molar-refractivity contribution is -0.0180. The number of ether oxygens (including phenoxy) is 1. The maximum atomic E-state index is 12.3. The Morgan fingerprint density at radius 3 is 2.68 bits per heavy atom. The van der Waals surface area contributed by atoms with Crippen molar-refractivity contribution in [3.8, 4) is 17.3 Å². The number of anilines is 2. The predicted octanol–water partition coefficient (Wildman–Crippen LogP) is 5.01. The van der Waals surface area contributed by atoms with Crippen molar-refractivity contribution in [2.45, 2.75) is 64.2 Å². The van der Waals surface area contributed by atoms with Gasteiger partial charge in [-0.1, -0.05) is 24.3 Å². The number of rotatable bonds is 7. The van der Waals surface area contributed by atoms with Gasteiger partial charge in [-0.3, -0.25) is 9.48 Å². The van der Waals surface area contributed by atoms with E-state index in [-0.39, 0.29) is 18.1 Å². The molecule has 2 unspecified atom stereocenters. The van der Waals surface area contributed by atoms with Crippen LogP contribution in [0.4, 0.5) is 11.6 Å². The average Bonchev–Trinajstić information content (AvgIpc) is 3.45. The first kappa shape index (κ1) is 22.2. The second-order valence-electron chi connectivity index (χ2n) is 9.38. The fourth-order valence-electron chi connectivity index (χ4n) is 4.83. The SMILES string of the molecule is Cc1cnc(Nc2cnn(C3CC4CCC(C3)O4)c2)nc1-c1ccc(C(=O)C[C@@H](C)C#N)cc1. The number of benzene rings is 1. The van der Waals surface area contributed by atoms with Crippen LogP contribution in [0.5, 0.6) is 0 Å². The largest absolute Gasteiger partial charge is 0.375 e. The Balaban J connectivity index is 1.29. The standard InChI is InChI=1S/C26H28N6O2/c1-16(12-27)9-24(33)18-3-5-19(6-4-18)25-17(2)13-28-26(31-25)30-20-14-29-32(15-20)21-10-22-7-8-23(11-21)34-22/h3-6,13-16,21-23H,7-11H2,1-2H3,(H,28,30,31)/t16-,21?,22?,23?/m1/s1. The number of ketones is 1. The fraction of sp³-hybridized carbons (Fsp3) is 0.423. The van der Waals surface area contributed by atoms with Crippen LogP contribution in [0.15, 0.2) is 42.9 Å². The zero-order valence-electron chi connectivity index (χ0n) is 19.4. The summed E-state index contributed by atoms with van der Waals surface area (Å²) < 4.78 is 7.99. The third-order valence-electron chi connectivity index (χ3n) is 6.66. The molecule has 0 amide bonds. The van der Waals surface area contributed by atoms with Gasteiger partial charge >= 0.3 is 0 Å². The lowest BCUT2D eigenvalue weighted by atomic mass is 9.99. The summed E-state index contributed by atoms with van der Waals surface area (Å²) in [7, 11) is 0. The Hall–Kier alpha value is -3.57. The topological polar surface area (TPSA) is 106 Å². The van der Waals surface area contributed by atoms with E-state index < -0.39 is 0 Å². The molecule has 4 heterocycles. The van der Waals surface area contributed by atoms with Crippen LogP contribution in [0.1, 0.15) is 61.0 Å². The van der Waals surface area contributed by atoms with Gasteiger partial charge in [0.05, 0.1) is 47.8 Å². The second-order valence-corrected chi connectivity index (χ2v) is 9.38. The number of hydrogen-bond acceptors (Lipinski definition) is 7. The molecule has 0 saturated carbocycles. The number of hydrogen-bond donors (Lipinski definition) is 1. The van der Waals surface area contributed by atoms with Gasteiger partial charge in [-0.15, -0.1) is 0 Å². The molecule has 0 spiro atoms. The zero-order valence-corrected chi connectivity index (χ0v) is 19.4. The van der Waals surface area contributed by atoms with Crippen LogP contribution in [0.25, 0.3) is 11.3 Å². The Kier molecular flexibility index (Phi) is 6.12. The van der Waals surface area contributed by atoms with Crippen LogP contribution < -0.4 is 5.32 Å². The van der Waals surface area contributed by atoms with Gasteiger partial charge in [0, 0.05) is 29.9 Å². The summed E-state index contributed by atoms with van der Waals surface area (Å²) in [6.07, 6.45) is 10.9. The van der Waals surface area contributed by atoms with Crippen molar-refractivity contribution < 1.29 is 9.53 Å². The first-order valence-corrected chi connectivity index (χ1v) is 11.8. The van der Waals surface area contributed by atoms with Crippen molar-refractivity contribution in [2.75, 3.05) is 5.32 Å². The minimum Gasteiger partial charge on any atom is -0.375 e. The molecule has 5 rings (SSSR count). The molecule has 8 heteroatoms. The summed E-state index contributed by atoms with van der Waals surface area (Å²) in [5.74, 6) is 0.169. The van der Waals surface area contributed by atoms with E-state index in [4.69, 9.17) is 15.0 Å². The number of nitrogens with zero attached hydrogens (tertiary/aromatic N) is 5. The number of carbonyl (C=O) groups is 1. The number of aryl methyl sites for hydroxylation is 1. The smallest absolute Gasteiger partial charge is 0.227 e. The van der Waals surface area contributed by atoms with Gasteiger partial charge in [-0.25, -0.2) is 9.97 Å². The van der Waals surface area contributed by atoms with Gasteiger partial charge < -0.3 is 10.1 Å². The highest BCUT2D eigenvalue weighted by Crippen LogP contribution is 2.38. The summed E-state index contributed by atoms with van der Waals surface area (Å²) in [5.41, 5.74) is 4.10. The Morgan fingerprint density at radius 2 is 1.97 bits per heavy atom. The van der Waals surface area contributed by atoms with Crippen LogP contribution >= 0.6 is 0 Å². The van der Waals surface area contributed by atoms with Gasteiger partial charge in [-0.05, 0) is 45.1 Å². The number of nitriles is 1. The molecule has 174 valence electrons. The van der Waals surface area contributed by atoms with Crippen LogP contribution in [0, 0.1) is 24.2 Å². The minimum absolute atomic E-state index is 0.0306. The van der Waals surface area contributed by atoms with Crippen molar-refractivity contribution in [2.24, 2.45) is 5.92 Å². The lowest BCUT2D eigenvalue weighted by Crippen LogP contribution is -2.27. The van der Waals surface area contributed by atoms with E-state index in [1.54, 1.807) is 25.3 Å². The van der Waals surface area contributed by atoms with Crippen LogP contribution in [-0.2, 0) is 4.74 Å². The molecule has 2 saturated heterocycles. The number of Topliss-reactive ketones (excluding diaryl/α,β-unsaturated/α-hetero) is 1. The molecule has 3 atom stereocenters. The number of aromatic nitrogens is 4. The molecular weight excluding hydrogens is 428 g/mol. The number of nitrogens with one attached hydrogen (secondary N) is 1. The first-order chi connectivity index (χ1) is 16.5. The number of carbonyl (C=O) groups excluding carboxylic acids is 1. The summed E-state index contributed by atoms with van der Waals surface area (Å²) in [6, 6.07) is 9.84. The summed E-state index contributed by atoms with van der Waals surface area (Å²) in [5, 5.41) is 16.8. The second kappa shape index (κ2) is 9.35. The van der Waals surface area contributed by atoms with E-state index >= 15 is 0 Å². The first-order valence-electron chi connectivity index (χ1n) is 11.8. The van der Waals surface area contributed by atoms with Gasteiger partial charge in [0.2, 0.25) is 5.95 Å². The summed E-state index contributed by atoms with van der Waals surface area (Å²) in [6.45, 7) is 3.71. The summed E-state index contributed by atoms with van der Waals surface area (Å²) in [4.78, 5) is 21.5. The molecule has 2 aliphatic rings. The van der Waals surface area contributed by atoms with Crippen LogP contribution in [-0.4, -0.2) is 37.7 Å².